The van der Waals surface area contributed by atoms with Gasteiger partial charge in [-0.1, -0.05) is 12.1 Å². The third-order valence-electron chi connectivity index (χ3n) is 3.72. The molecular weight excluding hydrogens is 337 g/mol. The van der Waals surface area contributed by atoms with Crippen LogP contribution in [-0.4, -0.2) is 33.7 Å². The molecule has 0 aliphatic carbocycles. The number of halogens is 3. The first kappa shape index (κ1) is 17.2. The zero-order chi connectivity index (χ0) is 18.0. The Labute approximate surface area is 141 Å². The second-order valence-electron chi connectivity index (χ2n) is 5.60. The van der Waals surface area contributed by atoms with Crippen molar-refractivity contribution in [2.24, 2.45) is 5.73 Å². The summed E-state index contributed by atoms with van der Waals surface area (Å²) in [5.41, 5.74) is 7.54. The molecule has 1 aliphatic heterocycles. The molecule has 6 nitrogen and oxygen atoms in total. The van der Waals surface area contributed by atoms with Gasteiger partial charge in [0.25, 0.3) is 5.91 Å². The Morgan fingerprint density at radius 3 is 2.68 bits per heavy atom. The number of fused-ring (bicyclic) bond motifs is 1. The first-order chi connectivity index (χ1) is 11.8. The molecule has 1 aromatic heterocycles. The first-order valence-electron chi connectivity index (χ1n) is 7.44. The largest absolute Gasteiger partial charge is 0.573 e. The Bertz CT molecular complexity index is 778. The Kier molecular flexibility index (Phi) is 4.58. The van der Waals surface area contributed by atoms with E-state index in [1.807, 2.05) is 0 Å². The van der Waals surface area contributed by atoms with Crippen LogP contribution in [0.4, 0.5) is 13.2 Å². The minimum absolute atomic E-state index is 0.0748. The van der Waals surface area contributed by atoms with Crippen molar-refractivity contribution in [1.29, 1.82) is 0 Å². The van der Waals surface area contributed by atoms with E-state index in [0.717, 1.165) is 17.7 Å². The molecule has 25 heavy (non-hydrogen) atoms. The van der Waals surface area contributed by atoms with Crippen LogP contribution >= 0.6 is 0 Å². The van der Waals surface area contributed by atoms with Gasteiger partial charge in [0.05, 0.1) is 11.9 Å². The summed E-state index contributed by atoms with van der Waals surface area (Å²) in [4.78, 5) is 21.2. The highest BCUT2D eigenvalue weighted by Crippen LogP contribution is 2.24. The molecule has 9 heteroatoms. The fourth-order valence-corrected chi connectivity index (χ4v) is 2.60. The molecule has 2 heterocycles. The highest BCUT2D eigenvalue weighted by molar-refractivity contribution is 5.88. The van der Waals surface area contributed by atoms with Crippen LogP contribution in [0.3, 0.4) is 0 Å². The normalized spacial score (nSPS) is 14.8. The zero-order valence-corrected chi connectivity index (χ0v) is 13.0. The number of primary amides is 1. The van der Waals surface area contributed by atoms with Crippen molar-refractivity contribution in [3.63, 3.8) is 0 Å². The highest BCUT2D eigenvalue weighted by Gasteiger charge is 2.31. The van der Waals surface area contributed by atoms with Crippen LogP contribution in [0.2, 0.25) is 0 Å². The van der Waals surface area contributed by atoms with Gasteiger partial charge in [0.1, 0.15) is 5.75 Å². The van der Waals surface area contributed by atoms with Crippen LogP contribution in [-0.2, 0) is 19.5 Å². The van der Waals surface area contributed by atoms with E-state index in [4.69, 9.17) is 5.73 Å². The molecular formula is C16H14F3N4O2. The molecule has 1 aromatic carbocycles. The highest BCUT2D eigenvalue weighted by atomic mass is 19.4. The van der Waals surface area contributed by atoms with Gasteiger partial charge in [0, 0.05) is 25.2 Å². The maximum absolute atomic E-state index is 12.2. The average Bonchev–Trinajstić information content (AvgIpc) is 2.54. The second-order valence-corrected chi connectivity index (χ2v) is 5.60. The number of amides is 1. The molecule has 0 unspecified atom stereocenters. The molecule has 1 amide bonds. The number of carbonyl (C=O) groups excluding carboxylic acids is 1. The van der Waals surface area contributed by atoms with E-state index in [2.05, 4.69) is 25.8 Å². The number of rotatable bonds is 4. The quantitative estimate of drug-likeness (QED) is 0.909. The topological polar surface area (TPSA) is 81.3 Å². The molecule has 131 valence electrons. The third-order valence-corrected chi connectivity index (χ3v) is 3.72. The van der Waals surface area contributed by atoms with E-state index in [1.54, 1.807) is 12.1 Å². The van der Waals surface area contributed by atoms with Crippen LogP contribution in [0.1, 0.15) is 27.4 Å². The van der Waals surface area contributed by atoms with Crippen LogP contribution < -0.4 is 10.5 Å². The minimum atomic E-state index is -4.70. The Hall–Kier alpha value is -2.68. The SMILES string of the molecule is NC(=O)c1n[c]c2c(n1)CN(Cc1ccc(OC(F)(F)F)cc1)CC2. The Balaban J connectivity index is 1.66. The lowest BCUT2D eigenvalue weighted by Gasteiger charge is -2.27. The van der Waals surface area contributed by atoms with Gasteiger partial charge in [-0.2, -0.15) is 0 Å². The van der Waals surface area contributed by atoms with E-state index in [-0.39, 0.29) is 11.6 Å². The summed E-state index contributed by atoms with van der Waals surface area (Å²) >= 11 is 0. The lowest BCUT2D eigenvalue weighted by atomic mass is 10.1. The van der Waals surface area contributed by atoms with Crippen LogP contribution in [0.25, 0.3) is 0 Å². The molecule has 1 aliphatic rings. The van der Waals surface area contributed by atoms with Gasteiger partial charge in [-0.3, -0.25) is 9.69 Å². The molecule has 0 saturated carbocycles. The molecule has 2 aromatic rings. The standard InChI is InChI=1S/C16H14F3N4O2/c17-16(18,19)25-12-3-1-10(2-4-12)8-23-6-5-11-7-21-15(14(20)24)22-13(11)9-23/h1-4H,5-6,8-9H2,(H2,20,24). The monoisotopic (exact) mass is 351 g/mol. The number of ether oxygens (including phenoxy) is 1. The van der Waals surface area contributed by atoms with Gasteiger partial charge in [-0.15, -0.1) is 13.2 Å². The second kappa shape index (κ2) is 6.67. The molecule has 3 rings (SSSR count). The summed E-state index contributed by atoms with van der Waals surface area (Å²) in [5.74, 6) is -1.04. The van der Waals surface area contributed by atoms with E-state index < -0.39 is 12.3 Å². The van der Waals surface area contributed by atoms with E-state index >= 15 is 0 Å². The lowest BCUT2D eigenvalue weighted by molar-refractivity contribution is -0.274. The van der Waals surface area contributed by atoms with Crippen molar-refractivity contribution in [1.82, 2.24) is 14.9 Å². The van der Waals surface area contributed by atoms with Crippen molar-refractivity contribution in [2.45, 2.75) is 25.9 Å². The predicted molar refractivity (Wildman–Crippen MR) is 80.3 cm³/mol. The van der Waals surface area contributed by atoms with Crippen molar-refractivity contribution in [2.75, 3.05) is 6.54 Å². The first-order valence-corrected chi connectivity index (χ1v) is 7.44. The summed E-state index contributed by atoms with van der Waals surface area (Å²) < 4.78 is 40.3. The summed E-state index contributed by atoms with van der Waals surface area (Å²) in [7, 11) is 0. The van der Waals surface area contributed by atoms with Gasteiger partial charge < -0.3 is 10.5 Å². The minimum Gasteiger partial charge on any atom is -0.406 e. The van der Waals surface area contributed by atoms with Gasteiger partial charge in [-0.25, -0.2) is 9.97 Å². The van der Waals surface area contributed by atoms with E-state index in [0.29, 0.717) is 25.2 Å². The van der Waals surface area contributed by atoms with Crippen LogP contribution in [0.15, 0.2) is 24.3 Å². The number of hydrogen-bond donors (Lipinski definition) is 1. The molecule has 1 radical (unpaired) electrons. The van der Waals surface area contributed by atoms with Gasteiger partial charge in [0.2, 0.25) is 5.82 Å². The number of aromatic nitrogens is 2. The number of benzene rings is 1. The molecule has 0 atom stereocenters. The van der Waals surface area contributed by atoms with Crippen molar-refractivity contribution in [3.05, 3.63) is 53.1 Å². The maximum Gasteiger partial charge on any atom is 0.573 e. The fourth-order valence-electron chi connectivity index (χ4n) is 2.60. The van der Waals surface area contributed by atoms with E-state index in [1.165, 1.54) is 12.1 Å². The van der Waals surface area contributed by atoms with Crippen molar-refractivity contribution >= 4 is 5.91 Å². The number of carbonyl (C=O) groups is 1. The maximum atomic E-state index is 12.2. The van der Waals surface area contributed by atoms with Gasteiger partial charge in [0.15, 0.2) is 0 Å². The number of nitrogens with two attached hydrogens (primary N) is 1. The Morgan fingerprint density at radius 2 is 2.04 bits per heavy atom. The third kappa shape index (κ3) is 4.44. The zero-order valence-electron chi connectivity index (χ0n) is 13.0. The average molecular weight is 351 g/mol. The summed E-state index contributed by atoms with van der Waals surface area (Å²) in [6.45, 7) is 1.74. The molecule has 0 saturated heterocycles. The summed E-state index contributed by atoms with van der Waals surface area (Å²) in [6.07, 6.45) is -1.24. The lowest BCUT2D eigenvalue weighted by Crippen LogP contribution is -2.32. The van der Waals surface area contributed by atoms with Gasteiger partial charge >= 0.3 is 6.36 Å². The molecule has 2 N–H and O–H groups in total. The summed E-state index contributed by atoms with van der Waals surface area (Å²) in [6, 6.07) is 5.72. The van der Waals surface area contributed by atoms with Crippen molar-refractivity contribution in [3.8, 4) is 5.75 Å². The van der Waals surface area contributed by atoms with Gasteiger partial charge in [-0.05, 0) is 24.1 Å². The summed E-state index contributed by atoms with van der Waals surface area (Å²) in [5, 5.41) is 0. The number of alkyl halides is 3. The van der Waals surface area contributed by atoms with E-state index in [9.17, 15) is 18.0 Å². The molecule has 0 spiro atoms. The number of hydrogen-bond acceptors (Lipinski definition) is 5. The Morgan fingerprint density at radius 1 is 1.32 bits per heavy atom. The predicted octanol–water partition coefficient (Wildman–Crippen LogP) is 1.83. The number of nitrogens with zero attached hydrogens (tertiary/aromatic N) is 3. The molecule has 0 bridgehead atoms. The molecule has 0 fully saturated rings. The van der Waals surface area contributed by atoms with Crippen molar-refractivity contribution < 1.29 is 22.7 Å². The van der Waals surface area contributed by atoms with Crippen LogP contribution in [0, 0.1) is 6.20 Å². The fraction of sp³-hybridized carbons (Fsp3) is 0.312. The smallest absolute Gasteiger partial charge is 0.406 e. The van der Waals surface area contributed by atoms with Crippen LogP contribution in [0.5, 0.6) is 5.75 Å².